The van der Waals surface area contributed by atoms with Crippen molar-refractivity contribution in [3.63, 3.8) is 0 Å². The zero-order valence-corrected chi connectivity index (χ0v) is 8.25. The first-order chi connectivity index (χ1) is 6.21. The Morgan fingerprint density at radius 1 is 1.23 bits per heavy atom. The van der Waals surface area contributed by atoms with Crippen LogP contribution in [0.5, 0.6) is 0 Å². The lowest BCUT2D eigenvalue weighted by molar-refractivity contribution is 0.535. The van der Waals surface area contributed by atoms with Gasteiger partial charge in [-0.3, -0.25) is 4.99 Å². The highest BCUT2D eigenvalue weighted by molar-refractivity contribution is 5.85. The van der Waals surface area contributed by atoms with Crippen LogP contribution < -0.4 is 0 Å². The minimum absolute atomic E-state index is 0.255. The van der Waals surface area contributed by atoms with Gasteiger partial charge in [-0.15, -0.1) is 0 Å². The minimum atomic E-state index is 0.255. The summed E-state index contributed by atoms with van der Waals surface area (Å²) in [6.07, 6.45) is 1.11. The predicted molar refractivity (Wildman–Crippen MR) is 56.4 cm³/mol. The Balaban J connectivity index is 2.28. The second-order valence-corrected chi connectivity index (χ2v) is 4.15. The molecule has 68 valence electrons. The molecule has 1 heteroatoms. The van der Waals surface area contributed by atoms with Crippen molar-refractivity contribution in [1.29, 1.82) is 0 Å². The molecule has 0 fully saturated rings. The Kier molecular flexibility index (Phi) is 1.95. The molecular weight excluding hydrogens is 158 g/mol. The maximum Gasteiger partial charge on any atom is 0.0486 e. The Bertz CT molecular complexity index is 326. The number of nitrogens with zero attached hydrogens (tertiary/aromatic N) is 1. The first-order valence-corrected chi connectivity index (χ1v) is 4.76. The van der Waals surface area contributed by atoms with Gasteiger partial charge in [-0.25, -0.2) is 0 Å². The Morgan fingerprint density at radius 2 is 1.92 bits per heavy atom. The zero-order chi connectivity index (χ0) is 9.31. The molecule has 0 N–H and O–H groups in total. The quantitative estimate of drug-likeness (QED) is 0.619. The lowest BCUT2D eigenvalue weighted by atomic mass is 9.80. The van der Waals surface area contributed by atoms with E-state index in [1.165, 1.54) is 11.3 Å². The molecule has 0 saturated carbocycles. The van der Waals surface area contributed by atoms with E-state index in [1.807, 2.05) is 0 Å². The molecule has 1 nitrogen and oxygen atoms in total. The normalized spacial score (nSPS) is 27.4. The van der Waals surface area contributed by atoms with Crippen LogP contribution in [0.1, 0.15) is 25.8 Å². The van der Waals surface area contributed by atoms with Gasteiger partial charge in [0.2, 0.25) is 0 Å². The van der Waals surface area contributed by atoms with Crippen LogP contribution in [-0.2, 0) is 5.41 Å². The molecule has 0 spiro atoms. The summed E-state index contributed by atoms with van der Waals surface area (Å²) in [7, 11) is 0. The molecule has 1 aromatic carbocycles. The summed E-state index contributed by atoms with van der Waals surface area (Å²) in [5, 5.41) is 0. The maximum absolute atomic E-state index is 4.48. The second-order valence-electron chi connectivity index (χ2n) is 4.15. The first-order valence-electron chi connectivity index (χ1n) is 4.76. The smallest absolute Gasteiger partial charge is 0.0486 e. The van der Waals surface area contributed by atoms with Gasteiger partial charge in [0.25, 0.3) is 0 Å². The molecular formula is C12H15N. The van der Waals surface area contributed by atoms with Crippen molar-refractivity contribution >= 4 is 5.71 Å². The van der Waals surface area contributed by atoms with E-state index < -0.39 is 0 Å². The number of rotatable bonds is 1. The topological polar surface area (TPSA) is 12.4 Å². The summed E-state index contributed by atoms with van der Waals surface area (Å²) >= 11 is 0. The van der Waals surface area contributed by atoms with Gasteiger partial charge in [-0.2, -0.15) is 0 Å². The van der Waals surface area contributed by atoms with Gasteiger partial charge in [0.15, 0.2) is 0 Å². The third-order valence-electron chi connectivity index (χ3n) is 2.81. The van der Waals surface area contributed by atoms with E-state index in [4.69, 9.17) is 0 Å². The van der Waals surface area contributed by atoms with E-state index in [0.29, 0.717) is 0 Å². The SMILES string of the molecule is CC1=NCC(C)(c2ccccc2)C1. The van der Waals surface area contributed by atoms with Crippen LogP contribution in [0.25, 0.3) is 0 Å². The summed E-state index contributed by atoms with van der Waals surface area (Å²) in [6, 6.07) is 10.7. The van der Waals surface area contributed by atoms with Crippen molar-refractivity contribution in [3.05, 3.63) is 35.9 Å². The molecule has 0 aliphatic carbocycles. The van der Waals surface area contributed by atoms with Gasteiger partial charge in [-0.05, 0) is 18.9 Å². The summed E-state index contributed by atoms with van der Waals surface area (Å²) in [4.78, 5) is 4.48. The van der Waals surface area contributed by atoms with Crippen LogP contribution in [0.15, 0.2) is 35.3 Å². The summed E-state index contributed by atoms with van der Waals surface area (Å²) in [5.41, 5.74) is 2.95. The molecule has 1 aromatic rings. The fourth-order valence-corrected chi connectivity index (χ4v) is 2.02. The molecule has 1 aliphatic rings. The maximum atomic E-state index is 4.48. The van der Waals surface area contributed by atoms with Gasteiger partial charge in [0, 0.05) is 17.7 Å². The first kappa shape index (κ1) is 8.49. The van der Waals surface area contributed by atoms with Crippen molar-refractivity contribution < 1.29 is 0 Å². The van der Waals surface area contributed by atoms with Gasteiger partial charge in [-0.1, -0.05) is 37.3 Å². The average Bonchev–Trinajstić information content (AvgIpc) is 2.49. The summed E-state index contributed by atoms with van der Waals surface area (Å²) in [6.45, 7) is 5.36. The number of hydrogen-bond donors (Lipinski definition) is 0. The minimum Gasteiger partial charge on any atom is -0.293 e. The Morgan fingerprint density at radius 3 is 2.46 bits per heavy atom. The monoisotopic (exact) mass is 173 g/mol. The second kappa shape index (κ2) is 2.99. The highest BCUT2D eigenvalue weighted by atomic mass is 14.8. The molecule has 0 amide bonds. The zero-order valence-electron chi connectivity index (χ0n) is 8.25. The lowest BCUT2D eigenvalue weighted by Crippen LogP contribution is -2.22. The number of benzene rings is 1. The Hall–Kier alpha value is -1.11. The number of hydrogen-bond acceptors (Lipinski definition) is 1. The van der Waals surface area contributed by atoms with E-state index in [1.54, 1.807) is 0 Å². The van der Waals surface area contributed by atoms with Crippen molar-refractivity contribution in [2.75, 3.05) is 6.54 Å². The van der Waals surface area contributed by atoms with E-state index in [2.05, 4.69) is 49.2 Å². The summed E-state index contributed by atoms with van der Waals surface area (Å²) in [5.74, 6) is 0. The standard InChI is InChI=1S/C12H15N/c1-10-8-12(2,9-13-10)11-6-4-3-5-7-11/h3-7H,8-9H2,1-2H3. The molecule has 0 aromatic heterocycles. The fraction of sp³-hybridized carbons (Fsp3) is 0.417. The highest BCUT2D eigenvalue weighted by Crippen LogP contribution is 2.32. The molecule has 1 heterocycles. The van der Waals surface area contributed by atoms with E-state index >= 15 is 0 Å². The largest absolute Gasteiger partial charge is 0.293 e. The van der Waals surface area contributed by atoms with E-state index in [0.717, 1.165) is 13.0 Å². The van der Waals surface area contributed by atoms with Crippen molar-refractivity contribution in [2.24, 2.45) is 4.99 Å². The van der Waals surface area contributed by atoms with Crippen LogP contribution >= 0.6 is 0 Å². The van der Waals surface area contributed by atoms with Crippen molar-refractivity contribution in [2.45, 2.75) is 25.7 Å². The van der Waals surface area contributed by atoms with Gasteiger partial charge >= 0.3 is 0 Å². The lowest BCUT2D eigenvalue weighted by Gasteiger charge is -2.22. The molecule has 2 rings (SSSR count). The summed E-state index contributed by atoms with van der Waals surface area (Å²) < 4.78 is 0. The average molecular weight is 173 g/mol. The molecule has 13 heavy (non-hydrogen) atoms. The van der Waals surface area contributed by atoms with Gasteiger partial charge in [0.1, 0.15) is 0 Å². The van der Waals surface area contributed by atoms with Crippen LogP contribution in [0.2, 0.25) is 0 Å². The third kappa shape index (κ3) is 1.51. The van der Waals surface area contributed by atoms with Gasteiger partial charge in [0.05, 0.1) is 0 Å². The number of aliphatic imine (C=N–C) groups is 1. The predicted octanol–water partition coefficient (Wildman–Crippen LogP) is 2.81. The van der Waals surface area contributed by atoms with Crippen LogP contribution in [-0.4, -0.2) is 12.3 Å². The third-order valence-corrected chi connectivity index (χ3v) is 2.81. The van der Waals surface area contributed by atoms with Crippen molar-refractivity contribution in [1.82, 2.24) is 0 Å². The van der Waals surface area contributed by atoms with Gasteiger partial charge < -0.3 is 0 Å². The van der Waals surface area contributed by atoms with E-state index in [-0.39, 0.29) is 5.41 Å². The molecule has 0 bridgehead atoms. The van der Waals surface area contributed by atoms with Crippen molar-refractivity contribution in [3.8, 4) is 0 Å². The fourth-order valence-electron chi connectivity index (χ4n) is 2.02. The molecule has 0 radical (unpaired) electrons. The molecule has 1 unspecified atom stereocenters. The Labute approximate surface area is 79.5 Å². The van der Waals surface area contributed by atoms with E-state index in [9.17, 15) is 0 Å². The highest BCUT2D eigenvalue weighted by Gasteiger charge is 2.30. The molecule has 1 aliphatic heterocycles. The van der Waals surface area contributed by atoms with Crippen LogP contribution in [0.3, 0.4) is 0 Å². The molecule has 0 saturated heterocycles. The van der Waals surface area contributed by atoms with Crippen LogP contribution in [0, 0.1) is 0 Å². The van der Waals surface area contributed by atoms with Crippen LogP contribution in [0.4, 0.5) is 0 Å². The molecule has 1 atom stereocenters.